The number of guanidine groups is 1. The third-order valence-electron chi connectivity index (χ3n) is 4.42. The van der Waals surface area contributed by atoms with Crippen molar-refractivity contribution < 1.29 is 4.39 Å². The molecule has 1 saturated carbocycles. The monoisotopic (exact) mass is 319 g/mol. The zero-order chi connectivity index (χ0) is 16.1. The highest BCUT2D eigenvalue weighted by atomic mass is 19.1. The van der Waals surface area contributed by atoms with Crippen LogP contribution in [0.3, 0.4) is 0 Å². The molecule has 2 aliphatic rings. The molecule has 0 radical (unpaired) electrons. The minimum Gasteiger partial charge on any atom is -0.357 e. The number of hydrogen-bond acceptors (Lipinski definition) is 3. The lowest BCUT2D eigenvalue weighted by Gasteiger charge is -2.19. The zero-order valence-corrected chi connectivity index (χ0v) is 13.8. The van der Waals surface area contributed by atoms with Gasteiger partial charge in [-0.05, 0) is 37.8 Å². The molecule has 3 rings (SSSR count). The van der Waals surface area contributed by atoms with E-state index in [1.54, 1.807) is 12.3 Å². The second kappa shape index (κ2) is 7.62. The van der Waals surface area contributed by atoms with Gasteiger partial charge in [0.25, 0.3) is 0 Å². The molecule has 0 spiro atoms. The standard InChI is InChI=1S/C17H26FN5/c1-2-19-17(21-10-7-13-5-6-13)22-14-8-11-23(12-14)16-15(18)4-3-9-20-16/h3-4,9,13-14H,2,5-8,10-12H2,1H3,(H2,19,21,22). The van der Waals surface area contributed by atoms with Gasteiger partial charge in [-0.25, -0.2) is 9.37 Å². The zero-order valence-electron chi connectivity index (χ0n) is 13.8. The topological polar surface area (TPSA) is 52.6 Å². The van der Waals surface area contributed by atoms with Gasteiger partial charge in [-0.2, -0.15) is 0 Å². The molecule has 1 unspecified atom stereocenters. The molecule has 5 nitrogen and oxygen atoms in total. The quantitative estimate of drug-likeness (QED) is 0.623. The molecule has 1 aliphatic heterocycles. The van der Waals surface area contributed by atoms with E-state index in [0.29, 0.717) is 5.82 Å². The number of pyridine rings is 1. The van der Waals surface area contributed by atoms with Crippen LogP contribution in [0.2, 0.25) is 0 Å². The average Bonchev–Trinajstić information content (AvgIpc) is 3.25. The van der Waals surface area contributed by atoms with Crippen LogP contribution < -0.4 is 15.5 Å². The van der Waals surface area contributed by atoms with Crippen LogP contribution in [0.5, 0.6) is 0 Å². The molecule has 2 heterocycles. The Balaban J connectivity index is 1.53. The van der Waals surface area contributed by atoms with Gasteiger partial charge in [0, 0.05) is 38.4 Å². The summed E-state index contributed by atoms with van der Waals surface area (Å²) in [6.45, 7) is 5.36. The number of halogens is 1. The summed E-state index contributed by atoms with van der Waals surface area (Å²) in [6.07, 6.45) is 6.53. The van der Waals surface area contributed by atoms with Crippen LogP contribution in [0.25, 0.3) is 0 Å². The van der Waals surface area contributed by atoms with Crippen molar-refractivity contribution >= 4 is 11.8 Å². The number of aliphatic imine (C=N–C) groups is 1. The first-order valence-electron chi connectivity index (χ1n) is 8.66. The van der Waals surface area contributed by atoms with E-state index in [9.17, 15) is 4.39 Å². The highest BCUT2D eigenvalue weighted by molar-refractivity contribution is 5.80. The van der Waals surface area contributed by atoms with Crippen molar-refractivity contribution in [2.24, 2.45) is 10.9 Å². The lowest BCUT2D eigenvalue weighted by molar-refractivity contribution is 0.612. The SMILES string of the molecule is CCNC(=NCCC1CC1)NC1CCN(c2ncccc2F)C1. The summed E-state index contributed by atoms with van der Waals surface area (Å²) >= 11 is 0. The van der Waals surface area contributed by atoms with Gasteiger partial charge in [0.1, 0.15) is 0 Å². The van der Waals surface area contributed by atoms with E-state index < -0.39 is 0 Å². The third kappa shape index (κ3) is 4.56. The predicted octanol–water partition coefficient (Wildman–Crippen LogP) is 2.15. The minimum atomic E-state index is -0.252. The van der Waals surface area contributed by atoms with Crippen molar-refractivity contribution in [3.63, 3.8) is 0 Å². The van der Waals surface area contributed by atoms with Crippen LogP contribution in [0.4, 0.5) is 10.2 Å². The third-order valence-corrected chi connectivity index (χ3v) is 4.42. The van der Waals surface area contributed by atoms with Crippen LogP contribution in [-0.2, 0) is 0 Å². The van der Waals surface area contributed by atoms with Crippen molar-refractivity contribution in [1.29, 1.82) is 0 Å². The van der Waals surface area contributed by atoms with E-state index in [1.807, 2.05) is 4.90 Å². The first-order chi connectivity index (χ1) is 11.3. The number of hydrogen-bond donors (Lipinski definition) is 2. The molecular weight excluding hydrogens is 293 g/mol. The number of nitrogens with one attached hydrogen (secondary N) is 2. The normalized spacial score (nSPS) is 21.6. The Bertz CT molecular complexity index is 544. The Labute approximate surface area is 137 Å². The molecule has 1 aromatic heterocycles. The van der Waals surface area contributed by atoms with Crippen molar-refractivity contribution in [3.05, 3.63) is 24.1 Å². The molecule has 2 N–H and O–H groups in total. The molecule has 1 aromatic rings. The van der Waals surface area contributed by atoms with Gasteiger partial charge >= 0.3 is 0 Å². The Morgan fingerprint density at radius 3 is 3.04 bits per heavy atom. The maximum Gasteiger partial charge on any atom is 0.191 e. The summed E-state index contributed by atoms with van der Waals surface area (Å²) in [6, 6.07) is 3.36. The smallest absolute Gasteiger partial charge is 0.191 e. The molecule has 1 atom stereocenters. The Morgan fingerprint density at radius 2 is 2.30 bits per heavy atom. The minimum absolute atomic E-state index is 0.252. The summed E-state index contributed by atoms with van der Waals surface area (Å²) in [5, 5.41) is 6.78. The fourth-order valence-electron chi connectivity index (χ4n) is 2.96. The Kier molecular flexibility index (Phi) is 5.31. The van der Waals surface area contributed by atoms with Crippen molar-refractivity contribution in [2.45, 2.75) is 38.6 Å². The first-order valence-corrected chi connectivity index (χ1v) is 8.66. The van der Waals surface area contributed by atoms with E-state index in [2.05, 4.69) is 27.5 Å². The molecule has 1 saturated heterocycles. The maximum atomic E-state index is 13.8. The predicted molar refractivity (Wildman–Crippen MR) is 91.3 cm³/mol. The molecule has 0 bridgehead atoms. The first kappa shape index (κ1) is 16.0. The van der Waals surface area contributed by atoms with E-state index in [0.717, 1.165) is 44.5 Å². The second-order valence-electron chi connectivity index (χ2n) is 6.38. The maximum absolute atomic E-state index is 13.8. The lowest BCUT2D eigenvalue weighted by Crippen LogP contribution is -2.44. The number of nitrogens with zero attached hydrogens (tertiary/aromatic N) is 3. The van der Waals surface area contributed by atoms with Gasteiger partial charge in [-0.1, -0.05) is 12.8 Å². The molecule has 23 heavy (non-hydrogen) atoms. The molecular formula is C17H26FN5. The molecule has 0 aromatic carbocycles. The number of anilines is 1. The molecule has 6 heteroatoms. The molecule has 0 amide bonds. The van der Waals surface area contributed by atoms with E-state index in [1.165, 1.54) is 25.3 Å². The van der Waals surface area contributed by atoms with Crippen LogP contribution in [-0.4, -0.2) is 43.2 Å². The van der Waals surface area contributed by atoms with Gasteiger partial charge in [0.2, 0.25) is 0 Å². The molecule has 1 aliphatic carbocycles. The fraction of sp³-hybridized carbons (Fsp3) is 0.647. The van der Waals surface area contributed by atoms with Crippen LogP contribution in [0, 0.1) is 11.7 Å². The van der Waals surface area contributed by atoms with Crippen molar-refractivity contribution in [3.8, 4) is 0 Å². The van der Waals surface area contributed by atoms with Crippen molar-refractivity contribution in [2.75, 3.05) is 31.1 Å². The summed E-state index contributed by atoms with van der Waals surface area (Å²) in [7, 11) is 0. The van der Waals surface area contributed by atoms with Gasteiger partial charge in [-0.3, -0.25) is 4.99 Å². The van der Waals surface area contributed by atoms with Gasteiger partial charge in [0.15, 0.2) is 17.6 Å². The van der Waals surface area contributed by atoms with E-state index in [-0.39, 0.29) is 11.9 Å². The fourth-order valence-corrected chi connectivity index (χ4v) is 2.96. The highest BCUT2D eigenvalue weighted by Crippen LogP contribution is 2.32. The van der Waals surface area contributed by atoms with Crippen LogP contribution in [0.15, 0.2) is 23.3 Å². The summed E-state index contributed by atoms with van der Waals surface area (Å²) < 4.78 is 13.8. The van der Waals surface area contributed by atoms with Gasteiger partial charge in [0.05, 0.1) is 0 Å². The van der Waals surface area contributed by atoms with Crippen LogP contribution in [0.1, 0.15) is 32.6 Å². The van der Waals surface area contributed by atoms with Gasteiger partial charge in [-0.15, -0.1) is 0 Å². The lowest BCUT2D eigenvalue weighted by atomic mass is 10.3. The van der Waals surface area contributed by atoms with Crippen LogP contribution >= 0.6 is 0 Å². The van der Waals surface area contributed by atoms with Gasteiger partial charge < -0.3 is 15.5 Å². The summed E-state index contributed by atoms with van der Waals surface area (Å²) in [5.74, 6) is 1.97. The number of aromatic nitrogens is 1. The Morgan fingerprint density at radius 1 is 1.43 bits per heavy atom. The Hall–Kier alpha value is -1.85. The number of rotatable bonds is 6. The molecule has 2 fully saturated rings. The summed E-state index contributed by atoms with van der Waals surface area (Å²) in [5.41, 5.74) is 0. The molecule has 126 valence electrons. The average molecular weight is 319 g/mol. The van der Waals surface area contributed by atoms with E-state index in [4.69, 9.17) is 0 Å². The summed E-state index contributed by atoms with van der Waals surface area (Å²) in [4.78, 5) is 10.8. The van der Waals surface area contributed by atoms with Crippen molar-refractivity contribution in [1.82, 2.24) is 15.6 Å². The largest absolute Gasteiger partial charge is 0.357 e. The van der Waals surface area contributed by atoms with E-state index >= 15 is 0 Å². The highest BCUT2D eigenvalue weighted by Gasteiger charge is 2.26. The second-order valence-corrected chi connectivity index (χ2v) is 6.38.